The summed E-state index contributed by atoms with van der Waals surface area (Å²) in [5.41, 5.74) is 10.3. The van der Waals surface area contributed by atoms with Crippen LogP contribution in [0.2, 0.25) is 15.1 Å². The van der Waals surface area contributed by atoms with Gasteiger partial charge in [-0.25, -0.2) is 4.98 Å². The molecule has 10 heteroatoms. The van der Waals surface area contributed by atoms with Crippen LogP contribution in [0.1, 0.15) is 47.9 Å². The molecule has 2 N–H and O–H groups in total. The van der Waals surface area contributed by atoms with E-state index in [1.54, 1.807) is 7.11 Å². The van der Waals surface area contributed by atoms with Gasteiger partial charge in [0.2, 0.25) is 5.91 Å². The number of ether oxygens (including phenoxy) is 2. The Morgan fingerprint density at radius 3 is 2.48 bits per heavy atom. The largest absolute Gasteiger partial charge is 0.485 e. The average molecular weight is 660 g/mol. The van der Waals surface area contributed by atoms with E-state index in [0.717, 1.165) is 61.2 Å². The van der Waals surface area contributed by atoms with Gasteiger partial charge >= 0.3 is 0 Å². The van der Waals surface area contributed by atoms with Gasteiger partial charge in [0.15, 0.2) is 5.75 Å². The number of benzene rings is 2. The number of anilines is 1. The first-order valence-electron chi connectivity index (χ1n) is 15.3. The molecule has 2 aliphatic rings. The second-order valence-corrected chi connectivity index (χ2v) is 13.1. The minimum absolute atomic E-state index is 0.0404. The number of hydrogen-bond acceptors (Lipinski definition) is 6. The lowest BCUT2D eigenvalue weighted by molar-refractivity contribution is -0.136. The summed E-state index contributed by atoms with van der Waals surface area (Å²) in [6.07, 6.45) is 7.05. The zero-order valence-electron chi connectivity index (χ0n) is 25.4. The summed E-state index contributed by atoms with van der Waals surface area (Å²) in [5.74, 6) is 1.15. The molecule has 0 spiro atoms. The first-order valence-corrected chi connectivity index (χ1v) is 16.5. The molecule has 0 unspecified atom stereocenters. The molecular weight excluding hydrogens is 619 g/mol. The molecule has 1 saturated heterocycles. The Bertz CT molecular complexity index is 1410. The van der Waals surface area contributed by atoms with Crippen molar-refractivity contribution in [3.05, 3.63) is 86.0 Å². The quantitative estimate of drug-likeness (QED) is 0.190. The molecule has 236 valence electrons. The van der Waals surface area contributed by atoms with Crippen molar-refractivity contribution in [1.82, 2.24) is 9.88 Å². The molecule has 2 aromatic carbocycles. The van der Waals surface area contributed by atoms with Gasteiger partial charge in [0, 0.05) is 57.0 Å². The number of methoxy groups -OCH3 is 1. The van der Waals surface area contributed by atoms with E-state index in [4.69, 9.17) is 55.0 Å². The smallest absolute Gasteiger partial charge is 0.227 e. The molecule has 1 aliphatic carbocycles. The maximum Gasteiger partial charge on any atom is 0.227 e. The van der Waals surface area contributed by atoms with Crippen LogP contribution in [0.25, 0.3) is 0 Å². The van der Waals surface area contributed by atoms with Crippen LogP contribution in [0.3, 0.4) is 0 Å². The minimum Gasteiger partial charge on any atom is -0.485 e. The highest BCUT2D eigenvalue weighted by Crippen LogP contribution is 2.36. The van der Waals surface area contributed by atoms with Gasteiger partial charge in [0.05, 0.1) is 22.5 Å². The highest BCUT2D eigenvalue weighted by molar-refractivity contribution is 6.37. The van der Waals surface area contributed by atoms with E-state index in [-0.39, 0.29) is 30.5 Å². The topological polar surface area (TPSA) is 80.9 Å². The summed E-state index contributed by atoms with van der Waals surface area (Å²) in [5, 5.41) is 1.73. The summed E-state index contributed by atoms with van der Waals surface area (Å²) >= 11 is 19.4. The van der Waals surface area contributed by atoms with Crippen LogP contribution in [-0.2, 0) is 28.9 Å². The lowest BCUT2D eigenvalue weighted by Gasteiger charge is -2.28. The van der Waals surface area contributed by atoms with Gasteiger partial charge in [-0.15, -0.1) is 0 Å². The van der Waals surface area contributed by atoms with Gasteiger partial charge in [-0.1, -0.05) is 53.0 Å². The van der Waals surface area contributed by atoms with Crippen LogP contribution >= 0.6 is 34.8 Å². The molecule has 2 atom stereocenters. The van der Waals surface area contributed by atoms with E-state index in [2.05, 4.69) is 17.0 Å². The molecular formula is C34H41Cl3N4O3. The van der Waals surface area contributed by atoms with Crippen molar-refractivity contribution in [2.75, 3.05) is 38.3 Å². The number of aromatic nitrogens is 1. The minimum atomic E-state index is -0.333. The van der Waals surface area contributed by atoms with Crippen LogP contribution < -0.4 is 15.4 Å². The number of carbonyl (C=O) groups is 1. The third kappa shape index (κ3) is 8.38. The van der Waals surface area contributed by atoms with Crippen molar-refractivity contribution in [2.24, 2.45) is 11.7 Å². The van der Waals surface area contributed by atoms with Gasteiger partial charge in [0.25, 0.3) is 0 Å². The predicted molar refractivity (Wildman–Crippen MR) is 178 cm³/mol. The van der Waals surface area contributed by atoms with Crippen LogP contribution in [0, 0.1) is 12.8 Å². The van der Waals surface area contributed by atoms with E-state index in [1.807, 2.05) is 48.4 Å². The third-order valence-corrected chi connectivity index (χ3v) is 9.29. The fourth-order valence-corrected chi connectivity index (χ4v) is 6.66. The number of amides is 1. The SMILES string of the molecule is COCCCc1ccc(Cl)c(CN(C(=O)[C@@H](CN)Cc2ccc(N3CC[C@@H](Oc4c(Cl)cc(C)cc4Cl)C3)nc2)C2CC2)c1. The van der Waals surface area contributed by atoms with Crippen molar-refractivity contribution in [3.63, 3.8) is 0 Å². The molecule has 44 heavy (non-hydrogen) atoms. The molecule has 1 saturated carbocycles. The maximum atomic E-state index is 13.8. The molecule has 1 amide bonds. The van der Waals surface area contributed by atoms with Crippen LogP contribution in [0.15, 0.2) is 48.7 Å². The lowest BCUT2D eigenvalue weighted by Crippen LogP contribution is -2.41. The van der Waals surface area contributed by atoms with Crippen LogP contribution in [0.4, 0.5) is 5.82 Å². The van der Waals surface area contributed by atoms with Crippen LogP contribution in [-0.4, -0.2) is 61.3 Å². The van der Waals surface area contributed by atoms with Gasteiger partial charge in [0.1, 0.15) is 11.9 Å². The van der Waals surface area contributed by atoms with Crippen LogP contribution in [0.5, 0.6) is 5.75 Å². The van der Waals surface area contributed by atoms with E-state index in [0.29, 0.717) is 46.9 Å². The third-order valence-electron chi connectivity index (χ3n) is 8.36. The zero-order valence-corrected chi connectivity index (χ0v) is 27.7. The molecule has 0 radical (unpaired) electrons. The van der Waals surface area contributed by atoms with Crippen molar-refractivity contribution >= 4 is 46.5 Å². The first kappa shape index (κ1) is 32.8. The first-order chi connectivity index (χ1) is 21.2. The summed E-state index contributed by atoms with van der Waals surface area (Å²) < 4.78 is 11.4. The highest BCUT2D eigenvalue weighted by Gasteiger charge is 2.36. The number of hydrogen-bond donors (Lipinski definition) is 1. The molecule has 2 fully saturated rings. The highest BCUT2D eigenvalue weighted by atomic mass is 35.5. The Labute approximate surface area is 275 Å². The molecule has 3 aromatic rings. The second kappa shape index (κ2) is 15.2. The molecule has 5 rings (SSSR count). The number of rotatable bonds is 14. The van der Waals surface area contributed by atoms with Gasteiger partial charge in [-0.05, 0) is 85.5 Å². The summed E-state index contributed by atoms with van der Waals surface area (Å²) in [6, 6.07) is 14.1. The number of nitrogens with zero attached hydrogens (tertiary/aromatic N) is 3. The maximum absolute atomic E-state index is 13.8. The van der Waals surface area contributed by atoms with Gasteiger partial charge in [-0.2, -0.15) is 0 Å². The molecule has 2 heterocycles. The Kier molecular flexibility index (Phi) is 11.3. The molecule has 1 aliphatic heterocycles. The normalized spacial score (nSPS) is 17.1. The number of pyridine rings is 1. The average Bonchev–Trinajstić information content (AvgIpc) is 3.74. The van der Waals surface area contributed by atoms with Crippen molar-refractivity contribution < 1.29 is 14.3 Å². The Morgan fingerprint density at radius 1 is 1.07 bits per heavy atom. The summed E-state index contributed by atoms with van der Waals surface area (Å²) in [7, 11) is 1.71. The van der Waals surface area contributed by atoms with E-state index < -0.39 is 0 Å². The fraction of sp³-hybridized carbons (Fsp3) is 0.471. The Morgan fingerprint density at radius 2 is 1.82 bits per heavy atom. The monoisotopic (exact) mass is 658 g/mol. The lowest BCUT2D eigenvalue weighted by atomic mass is 9.98. The Hall–Kier alpha value is -2.55. The number of nitrogens with two attached hydrogens (primary N) is 1. The van der Waals surface area contributed by atoms with Crippen molar-refractivity contribution in [3.8, 4) is 5.75 Å². The number of carbonyl (C=O) groups excluding carboxylic acids is 1. The molecule has 1 aromatic heterocycles. The standard InChI is InChI=1S/C34H41Cl3N4O3/c1-22-14-30(36)33(31(37)15-22)44-28-11-12-40(21-28)32-10-6-24(19-39-32)17-25(18-38)34(42)41(27-7-8-27)20-26-16-23(4-3-13-43-2)5-9-29(26)35/h5-6,9-10,14-16,19,25,27-28H,3-4,7-8,11-13,17-18,20-21,38H2,1-2H3/t25-,28-/m1/s1. The van der Waals surface area contributed by atoms with Gasteiger partial charge in [-0.3, -0.25) is 4.79 Å². The summed E-state index contributed by atoms with van der Waals surface area (Å²) in [6.45, 7) is 4.92. The Balaban J connectivity index is 1.19. The molecule has 7 nitrogen and oxygen atoms in total. The molecule has 0 bridgehead atoms. The predicted octanol–water partition coefficient (Wildman–Crippen LogP) is 6.90. The van der Waals surface area contributed by atoms with Crippen molar-refractivity contribution in [1.29, 1.82) is 0 Å². The van der Waals surface area contributed by atoms with E-state index in [1.165, 1.54) is 5.56 Å². The van der Waals surface area contributed by atoms with Crippen molar-refractivity contribution in [2.45, 2.75) is 64.1 Å². The second-order valence-electron chi connectivity index (χ2n) is 11.9. The number of aryl methyl sites for hydroxylation is 2. The summed E-state index contributed by atoms with van der Waals surface area (Å²) in [4.78, 5) is 22.7. The fourth-order valence-electron chi connectivity index (χ4n) is 5.80. The van der Waals surface area contributed by atoms with E-state index >= 15 is 0 Å². The number of halogens is 3. The van der Waals surface area contributed by atoms with E-state index in [9.17, 15) is 4.79 Å². The zero-order chi connectivity index (χ0) is 31.2. The van der Waals surface area contributed by atoms with Gasteiger partial charge < -0.3 is 25.0 Å².